The molecule has 1 amide bonds. The van der Waals surface area contributed by atoms with E-state index in [1.807, 2.05) is 0 Å². The minimum absolute atomic E-state index is 0.0505. The van der Waals surface area contributed by atoms with Crippen molar-refractivity contribution in [3.8, 4) is 0 Å². The predicted molar refractivity (Wildman–Crippen MR) is 137 cm³/mol. The van der Waals surface area contributed by atoms with Gasteiger partial charge in [-0.1, -0.05) is 53.2 Å². The number of fused-ring (bicyclic) bond motifs is 1. The number of alkyl halides is 9. The van der Waals surface area contributed by atoms with Gasteiger partial charge < -0.3 is 14.9 Å². The first-order chi connectivity index (χ1) is 19.9. The summed E-state index contributed by atoms with van der Waals surface area (Å²) >= 11 is 0. The SMILES string of the molecule is COC(NCC(=O)NCC(F)(F)F)c1ccc(C2=NOC(c3cc(C)cc(C(F)(F)F)c3)(C(F)(F)F)C2)c2ccccc12. The number of hydrogen-bond acceptors (Lipinski definition) is 5. The lowest BCUT2D eigenvalue weighted by Gasteiger charge is -2.30. The Morgan fingerprint density at radius 1 is 1.00 bits per heavy atom. The summed E-state index contributed by atoms with van der Waals surface area (Å²) in [5, 5.41) is 8.92. The summed E-state index contributed by atoms with van der Waals surface area (Å²) in [5.41, 5.74) is -4.82. The van der Waals surface area contributed by atoms with Crippen LogP contribution in [0.4, 0.5) is 39.5 Å². The minimum atomic E-state index is -5.15. The molecule has 4 rings (SSSR count). The van der Waals surface area contributed by atoms with Gasteiger partial charge in [-0.2, -0.15) is 39.5 Å². The van der Waals surface area contributed by atoms with Gasteiger partial charge in [0.1, 0.15) is 12.8 Å². The Hall–Kier alpha value is -3.85. The zero-order valence-electron chi connectivity index (χ0n) is 22.5. The van der Waals surface area contributed by atoms with Crippen molar-refractivity contribution in [1.29, 1.82) is 0 Å². The van der Waals surface area contributed by atoms with Gasteiger partial charge in [0.25, 0.3) is 5.60 Å². The first-order valence-electron chi connectivity index (χ1n) is 12.6. The summed E-state index contributed by atoms with van der Waals surface area (Å²) < 4.78 is 127. The molecule has 2 atom stereocenters. The van der Waals surface area contributed by atoms with Crippen LogP contribution in [0.1, 0.15) is 40.5 Å². The molecule has 1 aliphatic rings. The van der Waals surface area contributed by atoms with Gasteiger partial charge in [-0.15, -0.1) is 0 Å². The van der Waals surface area contributed by atoms with E-state index in [0.29, 0.717) is 22.4 Å². The first-order valence-corrected chi connectivity index (χ1v) is 12.6. The molecule has 0 bridgehead atoms. The second kappa shape index (κ2) is 11.7. The minimum Gasteiger partial charge on any atom is -0.374 e. The Morgan fingerprint density at radius 2 is 1.67 bits per heavy atom. The second-order valence-electron chi connectivity index (χ2n) is 9.85. The number of nitrogens with zero attached hydrogens (tertiary/aromatic N) is 1. The molecule has 3 aromatic rings. The number of benzene rings is 3. The molecule has 0 fully saturated rings. The third kappa shape index (κ3) is 6.88. The summed E-state index contributed by atoms with van der Waals surface area (Å²) in [6.45, 7) is -0.825. The molecule has 1 aliphatic heterocycles. The van der Waals surface area contributed by atoms with Crippen molar-refractivity contribution < 1.29 is 53.9 Å². The van der Waals surface area contributed by atoms with E-state index < -0.39 is 66.9 Å². The van der Waals surface area contributed by atoms with Crippen molar-refractivity contribution in [1.82, 2.24) is 10.6 Å². The molecule has 0 radical (unpaired) electrons. The highest BCUT2D eigenvalue weighted by Gasteiger charge is 2.62. The van der Waals surface area contributed by atoms with E-state index in [4.69, 9.17) is 9.57 Å². The van der Waals surface area contributed by atoms with Crippen LogP contribution in [0, 0.1) is 6.92 Å². The maximum Gasteiger partial charge on any atom is 0.435 e. The number of methoxy groups -OCH3 is 1. The summed E-state index contributed by atoms with van der Waals surface area (Å²) in [6, 6.07) is 11.4. The molecule has 1 heterocycles. The van der Waals surface area contributed by atoms with E-state index >= 15 is 0 Å². The Kier molecular flexibility index (Phi) is 8.71. The van der Waals surface area contributed by atoms with Gasteiger partial charge >= 0.3 is 18.5 Å². The van der Waals surface area contributed by atoms with Gasteiger partial charge in [-0.3, -0.25) is 10.1 Å². The fourth-order valence-electron chi connectivity index (χ4n) is 4.80. The maximum atomic E-state index is 14.6. The summed E-state index contributed by atoms with van der Waals surface area (Å²) in [5.74, 6) is -0.953. The second-order valence-corrected chi connectivity index (χ2v) is 9.85. The zero-order chi connectivity index (χ0) is 31.8. The number of nitrogens with one attached hydrogen (secondary N) is 2. The van der Waals surface area contributed by atoms with Crippen LogP contribution in [0.15, 0.2) is 59.8 Å². The molecule has 0 aliphatic carbocycles. The number of aryl methyl sites for hydroxylation is 1. The van der Waals surface area contributed by atoms with Crippen molar-refractivity contribution in [2.75, 3.05) is 20.2 Å². The molecular weight excluding hydrogens is 597 g/mol. The van der Waals surface area contributed by atoms with E-state index in [1.165, 1.54) is 26.2 Å². The highest BCUT2D eigenvalue weighted by molar-refractivity contribution is 6.12. The monoisotopic (exact) mass is 621 g/mol. The van der Waals surface area contributed by atoms with Gasteiger partial charge in [0, 0.05) is 30.2 Å². The van der Waals surface area contributed by atoms with Gasteiger partial charge in [0.05, 0.1) is 17.8 Å². The molecule has 2 N–H and O–H groups in total. The molecule has 6 nitrogen and oxygen atoms in total. The Labute approximate surface area is 238 Å². The molecular formula is C28H24F9N3O3. The van der Waals surface area contributed by atoms with Gasteiger partial charge in [0.2, 0.25) is 5.91 Å². The molecule has 43 heavy (non-hydrogen) atoms. The number of carbonyl (C=O) groups is 1. The Bertz CT molecular complexity index is 1530. The fourth-order valence-corrected chi connectivity index (χ4v) is 4.80. The van der Waals surface area contributed by atoms with Crippen molar-refractivity contribution >= 4 is 22.4 Å². The number of amides is 1. The molecule has 15 heteroatoms. The van der Waals surface area contributed by atoms with Crippen LogP contribution in [0.3, 0.4) is 0 Å². The van der Waals surface area contributed by atoms with E-state index in [-0.39, 0.29) is 16.8 Å². The molecule has 0 aromatic heterocycles. The van der Waals surface area contributed by atoms with Crippen molar-refractivity contribution in [3.05, 3.63) is 82.4 Å². The fraction of sp³-hybridized carbons (Fsp3) is 0.357. The van der Waals surface area contributed by atoms with Crippen LogP contribution in [0.5, 0.6) is 0 Å². The number of rotatable bonds is 8. The lowest BCUT2D eigenvalue weighted by Crippen LogP contribution is -2.43. The lowest BCUT2D eigenvalue weighted by molar-refractivity contribution is -0.276. The number of carbonyl (C=O) groups excluding carboxylic acids is 1. The van der Waals surface area contributed by atoms with Crippen LogP contribution in [0.2, 0.25) is 0 Å². The number of oxime groups is 1. The van der Waals surface area contributed by atoms with Crippen LogP contribution >= 0.6 is 0 Å². The predicted octanol–water partition coefficient (Wildman–Crippen LogP) is 6.66. The van der Waals surface area contributed by atoms with Crippen LogP contribution in [0.25, 0.3) is 10.8 Å². The Balaban J connectivity index is 1.67. The number of hydrogen-bond donors (Lipinski definition) is 2. The van der Waals surface area contributed by atoms with Gasteiger partial charge in [-0.25, -0.2) is 0 Å². The highest BCUT2D eigenvalue weighted by atomic mass is 19.4. The Morgan fingerprint density at radius 3 is 2.28 bits per heavy atom. The third-order valence-electron chi connectivity index (χ3n) is 6.78. The van der Waals surface area contributed by atoms with E-state index in [0.717, 1.165) is 12.1 Å². The lowest BCUT2D eigenvalue weighted by atomic mass is 9.84. The normalized spacial score (nSPS) is 18.3. The molecule has 3 aromatic carbocycles. The quantitative estimate of drug-likeness (QED) is 0.218. The average molecular weight is 622 g/mol. The molecule has 0 saturated heterocycles. The first kappa shape index (κ1) is 32.1. The summed E-state index contributed by atoms with van der Waals surface area (Å²) in [7, 11) is 1.28. The van der Waals surface area contributed by atoms with Crippen molar-refractivity contribution in [2.24, 2.45) is 5.16 Å². The molecule has 0 saturated carbocycles. The summed E-state index contributed by atoms with van der Waals surface area (Å²) in [6.07, 6.45) is -16.6. The zero-order valence-corrected chi connectivity index (χ0v) is 22.5. The van der Waals surface area contributed by atoms with Crippen LogP contribution in [-0.2, 0) is 26.1 Å². The van der Waals surface area contributed by atoms with Crippen molar-refractivity contribution in [2.45, 2.75) is 43.7 Å². The molecule has 232 valence electrons. The largest absolute Gasteiger partial charge is 0.435 e. The van der Waals surface area contributed by atoms with Crippen LogP contribution < -0.4 is 10.6 Å². The van der Waals surface area contributed by atoms with Gasteiger partial charge in [-0.05, 0) is 29.8 Å². The summed E-state index contributed by atoms with van der Waals surface area (Å²) in [4.78, 5) is 16.9. The standard InChI is InChI=1S/C28H24F9N3O3/c1-15-9-16(11-17(10-15)27(32,33)34)25(28(35,36)37)12-22(40-43-25)20-7-8-21(19-6-4-3-5-18(19)20)24(42-2)38-13-23(41)39-14-26(29,30)31/h3-11,24,38H,12-14H2,1-2H3,(H,39,41). The van der Waals surface area contributed by atoms with E-state index in [2.05, 4.69) is 10.5 Å². The average Bonchev–Trinajstić information content (AvgIpc) is 3.38. The highest BCUT2D eigenvalue weighted by Crippen LogP contribution is 2.50. The smallest absolute Gasteiger partial charge is 0.374 e. The molecule has 0 spiro atoms. The van der Waals surface area contributed by atoms with Crippen molar-refractivity contribution in [3.63, 3.8) is 0 Å². The topological polar surface area (TPSA) is 72.0 Å². The third-order valence-corrected chi connectivity index (χ3v) is 6.78. The molecule has 2 unspecified atom stereocenters. The number of halogens is 9. The van der Waals surface area contributed by atoms with Gasteiger partial charge in [0.15, 0.2) is 0 Å². The number of ether oxygens (including phenoxy) is 1. The van der Waals surface area contributed by atoms with E-state index in [1.54, 1.807) is 29.6 Å². The van der Waals surface area contributed by atoms with Crippen LogP contribution in [-0.4, -0.2) is 44.2 Å². The van der Waals surface area contributed by atoms with E-state index in [9.17, 15) is 44.3 Å². The maximum absolute atomic E-state index is 14.6.